The summed E-state index contributed by atoms with van der Waals surface area (Å²) < 4.78 is 0. The summed E-state index contributed by atoms with van der Waals surface area (Å²) in [4.78, 5) is 36.6. The Kier molecular flexibility index (Phi) is 5.72. The molecule has 2 heterocycles. The van der Waals surface area contributed by atoms with Gasteiger partial charge in [0.05, 0.1) is 10.9 Å². The van der Waals surface area contributed by atoms with Crippen LogP contribution in [0.2, 0.25) is 0 Å². The molecule has 0 aliphatic carbocycles. The van der Waals surface area contributed by atoms with E-state index in [-0.39, 0.29) is 17.9 Å². The van der Waals surface area contributed by atoms with Gasteiger partial charge >= 0.3 is 0 Å². The standard InChI is InChI=1S/C23H24N4O2S/c1-14(2)13-19-22(29)26-20-17-11-7-8-12-18(17)25-23(27(19)20)30-15(3)21(28)24-16-9-5-4-6-10-16/h4-12,14-15,19H,13H2,1-3H3,(H,24,28). The Bertz CT molecular complexity index is 1030. The highest BCUT2D eigenvalue weighted by Crippen LogP contribution is 2.36. The summed E-state index contributed by atoms with van der Waals surface area (Å²) in [7, 11) is 0. The number of rotatable bonds is 5. The monoisotopic (exact) mass is 420 g/mol. The van der Waals surface area contributed by atoms with Gasteiger partial charge in [-0.25, -0.2) is 4.99 Å². The van der Waals surface area contributed by atoms with E-state index in [1.165, 1.54) is 11.8 Å². The molecule has 6 nitrogen and oxygen atoms in total. The number of hydrogen-bond donors (Lipinski definition) is 1. The largest absolute Gasteiger partial charge is 0.325 e. The predicted octanol–water partition coefficient (Wildman–Crippen LogP) is 4.45. The molecule has 0 bridgehead atoms. The Morgan fingerprint density at radius 1 is 1.07 bits per heavy atom. The van der Waals surface area contributed by atoms with E-state index in [2.05, 4.69) is 24.2 Å². The summed E-state index contributed by atoms with van der Waals surface area (Å²) in [5.74, 6) is 0.701. The van der Waals surface area contributed by atoms with Crippen LogP contribution in [0.1, 0.15) is 32.8 Å². The fourth-order valence-electron chi connectivity index (χ4n) is 3.53. The van der Waals surface area contributed by atoms with Crippen molar-refractivity contribution in [2.75, 3.05) is 5.32 Å². The number of nitrogens with zero attached hydrogens (tertiary/aromatic N) is 3. The summed E-state index contributed by atoms with van der Waals surface area (Å²) in [5.41, 5.74) is 2.37. The quantitative estimate of drug-likeness (QED) is 0.775. The fourth-order valence-corrected chi connectivity index (χ4v) is 4.50. The number of amides is 2. The highest BCUT2D eigenvalue weighted by Gasteiger charge is 2.42. The van der Waals surface area contributed by atoms with E-state index in [0.29, 0.717) is 23.3 Å². The molecule has 2 unspecified atom stereocenters. The summed E-state index contributed by atoms with van der Waals surface area (Å²) in [6, 6.07) is 16.7. The zero-order valence-electron chi connectivity index (χ0n) is 17.2. The van der Waals surface area contributed by atoms with Crippen LogP contribution in [0.15, 0.2) is 64.6 Å². The molecule has 30 heavy (non-hydrogen) atoms. The molecule has 2 atom stereocenters. The van der Waals surface area contributed by atoms with E-state index in [4.69, 9.17) is 4.99 Å². The third-order valence-corrected chi connectivity index (χ3v) is 6.06. The molecule has 2 aliphatic rings. The van der Waals surface area contributed by atoms with Gasteiger partial charge in [-0.05, 0) is 43.5 Å². The van der Waals surface area contributed by atoms with Crippen molar-refractivity contribution in [1.82, 2.24) is 4.90 Å². The number of nitrogens with one attached hydrogen (secondary N) is 1. The first-order valence-corrected chi connectivity index (χ1v) is 10.9. The lowest BCUT2D eigenvalue weighted by Crippen LogP contribution is -2.45. The van der Waals surface area contributed by atoms with Gasteiger partial charge in [-0.1, -0.05) is 55.9 Å². The number of amidine groups is 2. The minimum Gasteiger partial charge on any atom is -0.325 e. The van der Waals surface area contributed by atoms with Gasteiger partial charge < -0.3 is 5.32 Å². The second-order valence-electron chi connectivity index (χ2n) is 7.82. The molecule has 2 aromatic carbocycles. The van der Waals surface area contributed by atoms with Crippen LogP contribution in [-0.2, 0) is 9.59 Å². The third kappa shape index (κ3) is 4.03. The van der Waals surface area contributed by atoms with Gasteiger partial charge in [0.1, 0.15) is 11.9 Å². The maximum atomic E-state index is 12.7. The van der Waals surface area contributed by atoms with Crippen LogP contribution in [0.5, 0.6) is 0 Å². The van der Waals surface area contributed by atoms with Crippen LogP contribution in [0.3, 0.4) is 0 Å². The molecule has 2 amide bonds. The van der Waals surface area contributed by atoms with Gasteiger partial charge in [-0.2, -0.15) is 4.99 Å². The lowest BCUT2D eigenvalue weighted by atomic mass is 10.0. The van der Waals surface area contributed by atoms with Gasteiger partial charge in [0.15, 0.2) is 5.17 Å². The maximum Gasteiger partial charge on any atom is 0.270 e. The molecule has 0 spiro atoms. The van der Waals surface area contributed by atoms with Gasteiger partial charge in [-0.3, -0.25) is 14.5 Å². The van der Waals surface area contributed by atoms with Crippen molar-refractivity contribution in [2.45, 2.75) is 38.5 Å². The van der Waals surface area contributed by atoms with Crippen molar-refractivity contribution in [3.05, 3.63) is 60.2 Å². The molecule has 1 N–H and O–H groups in total. The number of hydrogen-bond acceptors (Lipinski definition) is 5. The first kappa shape index (κ1) is 20.3. The summed E-state index contributed by atoms with van der Waals surface area (Å²) >= 11 is 1.35. The minimum atomic E-state index is -0.397. The van der Waals surface area contributed by atoms with Crippen LogP contribution >= 0.6 is 11.8 Å². The second-order valence-corrected chi connectivity index (χ2v) is 9.12. The number of carbonyl (C=O) groups excluding carboxylic acids is 2. The summed E-state index contributed by atoms with van der Waals surface area (Å²) in [5, 5.41) is 3.17. The average Bonchev–Trinajstić information content (AvgIpc) is 3.05. The maximum absolute atomic E-state index is 12.7. The molecule has 154 valence electrons. The molecule has 2 aliphatic heterocycles. The third-order valence-electron chi connectivity index (χ3n) is 5.00. The van der Waals surface area contributed by atoms with E-state index >= 15 is 0 Å². The minimum absolute atomic E-state index is 0.114. The fraction of sp³-hybridized carbons (Fsp3) is 0.304. The lowest BCUT2D eigenvalue weighted by molar-refractivity contribution is -0.120. The second kappa shape index (κ2) is 8.44. The van der Waals surface area contributed by atoms with E-state index in [0.717, 1.165) is 16.9 Å². The molecule has 0 fully saturated rings. The zero-order chi connectivity index (χ0) is 21.3. The summed E-state index contributed by atoms with van der Waals surface area (Å²) in [6.45, 7) is 6.02. The molecule has 4 rings (SSSR count). The Morgan fingerprint density at radius 3 is 2.50 bits per heavy atom. The highest BCUT2D eigenvalue weighted by molar-refractivity contribution is 8.14. The zero-order valence-corrected chi connectivity index (χ0v) is 18.0. The molecule has 2 aromatic rings. The Morgan fingerprint density at radius 2 is 1.77 bits per heavy atom. The molecule has 0 saturated heterocycles. The Labute approximate surface area is 180 Å². The van der Waals surface area contributed by atoms with Crippen molar-refractivity contribution in [3.63, 3.8) is 0 Å². The van der Waals surface area contributed by atoms with E-state index in [1.807, 2.05) is 66.4 Å². The molecular formula is C23H24N4O2S. The Hall–Kier alpha value is -2.93. The number of aliphatic imine (C=N–C) groups is 2. The molecule has 0 radical (unpaired) electrons. The number of anilines is 1. The number of para-hydroxylation sites is 2. The van der Waals surface area contributed by atoms with Gasteiger partial charge in [0.25, 0.3) is 5.91 Å². The van der Waals surface area contributed by atoms with Crippen LogP contribution in [0.4, 0.5) is 11.4 Å². The van der Waals surface area contributed by atoms with Gasteiger partial charge in [0.2, 0.25) is 5.91 Å². The molecule has 0 aromatic heterocycles. The van der Waals surface area contributed by atoms with Crippen molar-refractivity contribution in [1.29, 1.82) is 0 Å². The predicted molar refractivity (Wildman–Crippen MR) is 122 cm³/mol. The van der Waals surface area contributed by atoms with Gasteiger partial charge in [-0.15, -0.1) is 0 Å². The van der Waals surface area contributed by atoms with E-state index in [1.54, 1.807) is 0 Å². The normalized spacial score (nSPS) is 18.5. The number of carbonyl (C=O) groups is 2. The first-order chi connectivity index (χ1) is 14.4. The van der Waals surface area contributed by atoms with Crippen molar-refractivity contribution in [2.24, 2.45) is 15.9 Å². The van der Waals surface area contributed by atoms with E-state index < -0.39 is 5.25 Å². The lowest BCUT2D eigenvalue weighted by Gasteiger charge is -2.32. The van der Waals surface area contributed by atoms with Gasteiger partial charge in [0, 0.05) is 11.3 Å². The van der Waals surface area contributed by atoms with Crippen molar-refractivity contribution < 1.29 is 9.59 Å². The molecule has 0 saturated carbocycles. The average molecular weight is 421 g/mol. The smallest absolute Gasteiger partial charge is 0.270 e. The molecular weight excluding hydrogens is 396 g/mol. The highest BCUT2D eigenvalue weighted by atomic mass is 32.2. The molecule has 7 heteroatoms. The topological polar surface area (TPSA) is 74.1 Å². The number of thioether (sulfide) groups is 1. The number of benzene rings is 2. The number of fused-ring (bicyclic) bond motifs is 3. The summed E-state index contributed by atoms with van der Waals surface area (Å²) in [6.07, 6.45) is 0.679. The van der Waals surface area contributed by atoms with Crippen LogP contribution in [-0.4, -0.2) is 39.0 Å². The van der Waals surface area contributed by atoms with Crippen LogP contribution < -0.4 is 5.32 Å². The first-order valence-electron chi connectivity index (χ1n) is 10.1. The van der Waals surface area contributed by atoms with Crippen molar-refractivity contribution >= 4 is 46.0 Å². The van der Waals surface area contributed by atoms with Crippen molar-refractivity contribution in [3.8, 4) is 0 Å². The SMILES string of the molecule is CC(C)CC1C(=O)N=C2c3ccccc3N=C(SC(C)C(=O)Nc3ccccc3)N21. The van der Waals surface area contributed by atoms with Crippen LogP contribution in [0.25, 0.3) is 0 Å². The Balaban J connectivity index is 1.62. The van der Waals surface area contributed by atoms with E-state index in [9.17, 15) is 9.59 Å². The van der Waals surface area contributed by atoms with Crippen LogP contribution in [0, 0.1) is 5.92 Å².